The van der Waals surface area contributed by atoms with Crippen LogP contribution in [0.5, 0.6) is 0 Å². The topological polar surface area (TPSA) is 29.4 Å². The summed E-state index contributed by atoms with van der Waals surface area (Å²) < 4.78 is 0. The predicted molar refractivity (Wildman–Crippen MR) is 43.1 cm³/mol. The van der Waals surface area contributed by atoms with Gasteiger partial charge in [-0.3, -0.25) is 9.79 Å². The molecule has 0 unspecified atom stereocenters. The van der Waals surface area contributed by atoms with E-state index in [9.17, 15) is 4.79 Å². The van der Waals surface area contributed by atoms with Gasteiger partial charge in [-0.1, -0.05) is 12.7 Å². The Morgan fingerprint density at radius 3 is 2.50 bits per heavy atom. The summed E-state index contributed by atoms with van der Waals surface area (Å²) in [5, 5.41) is 0. The SMILES string of the molecule is C=C/C=C(\N=CC)C(C)=O. The van der Waals surface area contributed by atoms with Crippen molar-refractivity contribution in [2.45, 2.75) is 13.8 Å². The Kier molecular flexibility index (Phi) is 4.12. The standard InChI is InChI=1S/C8H11NO/c1-4-6-8(7(3)10)9-5-2/h4-6H,1H2,2-3H3/b8-6-,9-5?. The van der Waals surface area contributed by atoms with Gasteiger partial charge in [0.1, 0.15) is 5.70 Å². The zero-order valence-electron chi connectivity index (χ0n) is 6.29. The first-order chi connectivity index (χ1) is 4.72. The molecule has 0 atom stereocenters. The third-order valence-corrected chi connectivity index (χ3v) is 0.905. The van der Waals surface area contributed by atoms with E-state index in [-0.39, 0.29) is 5.78 Å². The molecular formula is C8H11NO. The number of nitrogens with zero attached hydrogens (tertiary/aromatic N) is 1. The van der Waals surface area contributed by atoms with E-state index in [4.69, 9.17) is 0 Å². The molecule has 0 aromatic carbocycles. The van der Waals surface area contributed by atoms with Crippen molar-refractivity contribution in [1.82, 2.24) is 0 Å². The fraction of sp³-hybridized carbons (Fsp3) is 0.250. The molecule has 0 aliphatic rings. The maximum absolute atomic E-state index is 10.7. The van der Waals surface area contributed by atoms with Gasteiger partial charge in [0.25, 0.3) is 0 Å². The second-order valence-corrected chi connectivity index (χ2v) is 1.73. The Hall–Kier alpha value is -1.18. The van der Waals surface area contributed by atoms with Gasteiger partial charge in [-0.2, -0.15) is 0 Å². The summed E-state index contributed by atoms with van der Waals surface area (Å²) in [5.41, 5.74) is 0.442. The van der Waals surface area contributed by atoms with E-state index in [0.717, 1.165) is 0 Å². The molecular weight excluding hydrogens is 126 g/mol. The van der Waals surface area contributed by atoms with Crippen LogP contribution in [-0.2, 0) is 4.79 Å². The minimum absolute atomic E-state index is 0.0435. The quantitative estimate of drug-likeness (QED) is 0.331. The molecule has 2 nitrogen and oxygen atoms in total. The first-order valence-corrected chi connectivity index (χ1v) is 3.04. The second kappa shape index (κ2) is 4.68. The summed E-state index contributed by atoms with van der Waals surface area (Å²) in [6.07, 6.45) is 4.71. The van der Waals surface area contributed by atoms with Crippen LogP contribution < -0.4 is 0 Å². The van der Waals surface area contributed by atoms with Crippen molar-refractivity contribution in [3.63, 3.8) is 0 Å². The van der Waals surface area contributed by atoms with Gasteiger partial charge < -0.3 is 0 Å². The van der Waals surface area contributed by atoms with Crippen molar-refractivity contribution in [3.05, 3.63) is 24.4 Å². The third-order valence-electron chi connectivity index (χ3n) is 0.905. The van der Waals surface area contributed by atoms with Crippen molar-refractivity contribution in [2.75, 3.05) is 0 Å². The summed E-state index contributed by atoms with van der Waals surface area (Å²) in [7, 11) is 0. The molecule has 0 fully saturated rings. The molecule has 0 aliphatic carbocycles. The maximum atomic E-state index is 10.7. The lowest BCUT2D eigenvalue weighted by molar-refractivity contribution is -0.113. The maximum Gasteiger partial charge on any atom is 0.178 e. The number of Topliss-reactive ketones (excluding diaryl/α,β-unsaturated/α-hetero) is 1. The molecule has 0 N–H and O–H groups in total. The first kappa shape index (κ1) is 8.82. The summed E-state index contributed by atoms with van der Waals surface area (Å²) in [4.78, 5) is 14.5. The minimum Gasteiger partial charge on any atom is -0.293 e. The van der Waals surface area contributed by atoms with Crippen LogP contribution in [0.25, 0.3) is 0 Å². The highest BCUT2D eigenvalue weighted by atomic mass is 16.1. The van der Waals surface area contributed by atoms with Crippen LogP contribution in [0.3, 0.4) is 0 Å². The van der Waals surface area contributed by atoms with Crippen molar-refractivity contribution < 1.29 is 4.79 Å². The molecule has 0 aromatic heterocycles. The molecule has 0 aromatic rings. The number of carbonyl (C=O) groups excluding carboxylic acids is 1. The minimum atomic E-state index is -0.0435. The molecule has 0 saturated heterocycles. The van der Waals surface area contributed by atoms with E-state index >= 15 is 0 Å². The first-order valence-electron chi connectivity index (χ1n) is 3.04. The molecule has 10 heavy (non-hydrogen) atoms. The highest BCUT2D eigenvalue weighted by Gasteiger charge is 1.96. The number of hydrogen-bond donors (Lipinski definition) is 0. The van der Waals surface area contributed by atoms with Crippen LogP contribution >= 0.6 is 0 Å². The van der Waals surface area contributed by atoms with E-state index in [1.807, 2.05) is 0 Å². The van der Waals surface area contributed by atoms with Gasteiger partial charge >= 0.3 is 0 Å². The van der Waals surface area contributed by atoms with Crippen molar-refractivity contribution in [2.24, 2.45) is 4.99 Å². The molecule has 0 heterocycles. The van der Waals surface area contributed by atoms with Gasteiger partial charge in [-0.05, 0) is 13.0 Å². The molecule has 0 amide bonds. The highest BCUT2D eigenvalue weighted by molar-refractivity contribution is 5.94. The fourth-order valence-electron chi connectivity index (χ4n) is 0.502. The van der Waals surface area contributed by atoms with E-state index in [1.54, 1.807) is 25.3 Å². The van der Waals surface area contributed by atoms with Crippen LogP contribution in [-0.4, -0.2) is 12.0 Å². The van der Waals surface area contributed by atoms with Crippen LogP contribution in [0.15, 0.2) is 29.4 Å². The monoisotopic (exact) mass is 137 g/mol. The summed E-state index contributed by atoms with van der Waals surface area (Å²) in [5.74, 6) is -0.0435. The summed E-state index contributed by atoms with van der Waals surface area (Å²) in [6, 6.07) is 0. The van der Waals surface area contributed by atoms with E-state index < -0.39 is 0 Å². The smallest absolute Gasteiger partial charge is 0.178 e. The Balaban J connectivity index is 4.41. The average molecular weight is 137 g/mol. The van der Waals surface area contributed by atoms with Crippen molar-refractivity contribution in [1.29, 1.82) is 0 Å². The Morgan fingerprint density at radius 1 is 1.60 bits per heavy atom. The molecule has 0 bridgehead atoms. The van der Waals surface area contributed by atoms with Gasteiger partial charge in [0, 0.05) is 13.1 Å². The number of ketones is 1. The number of aliphatic imine (C=N–C) groups is 1. The lowest BCUT2D eigenvalue weighted by Gasteiger charge is -1.90. The Morgan fingerprint density at radius 2 is 2.20 bits per heavy atom. The molecule has 2 heteroatoms. The highest BCUT2D eigenvalue weighted by Crippen LogP contribution is 1.96. The number of carbonyl (C=O) groups is 1. The number of allylic oxidation sites excluding steroid dienone is 3. The predicted octanol–water partition coefficient (Wildman–Crippen LogP) is 1.74. The largest absolute Gasteiger partial charge is 0.293 e. The molecule has 54 valence electrons. The van der Waals surface area contributed by atoms with E-state index in [0.29, 0.717) is 5.70 Å². The molecule has 0 spiro atoms. The van der Waals surface area contributed by atoms with E-state index in [2.05, 4.69) is 11.6 Å². The zero-order chi connectivity index (χ0) is 7.98. The second-order valence-electron chi connectivity index (χ2n) is 1.73. The van der Waals surface area contributed by atoms with Gasteiger partial charge in [0.05, 0.1) is 0 Å². The zero-order valence-corrected chi connectivity index (χ0v) is 6.29. The van der Waals surface area contributed by atoms with Gasteiger partial charge in [-0.25, -0.2) is 0 Å². The fourth-order valence-corrected chi connectivity index (χ4v) is 0.502. The molecule has 0 aliphatic heterocycles. The average Bonchev–Trinajstić information content (AvgIpc) is 1.87. The van der Waals surface area contributed by atoms with Crippen LogP contribution in [0.4, 0.5) is 0 Å². The van der Waals surface area contributed by atoms with Crippen LogP contribution in [0.2, 0.25) is 0 Å². The van der Waals surface area contributed by atoms with E-state index in [1.165, 1.54) is 6.92 Å². The van der Waals surface area contributed by atoms with Gasteiger partial charge in [0.2, 0.25) is 0 Å². The van der Waals surface area contributed by atoms with Gasteiger partial charge in [-0.15, -0.1) is 0 Å². The third kappa shape index (κ3) is 2.97. The summed E-state index contributed by atoms with van der Waals surface area (Å²) >= 11 is 0. The van der Waals surface area contributed by atoms with Crippen LogP contribution in [0, 0.1) is 0 Å². The number of hydrogen-bond acceptors (Lipinski definition) is 2. The lowest BCUT2D eigenvalue weighted by Crippen LogP contribution is -1.92. The number of rotatable bonds is 3. The lowest BCUT2D eigenvalue weighted by atomic mass is 10.3. The molecule has 0 rings (SSSR count). The molecule has 0 radical (unpaired) electrons. The normalized spacial score (nSPS) is 12.0. The Labute approximate surface area is 61.0 Å². The van der Waals surface area contributed by atoms with Crippen molar-refractivity contribution >= 4 is 12.0 Å². The Bertz CT molecular complexity index is 189. The van der Waals surface area contributed by atoms with Crippen molar-refractivity contribution in [3.8, 4) is 0 Å². The van der Waals surface area contributed by atoms with Gasteiger partial charge in [0.15, 0.2) is 5.78 Å². The van der Waals surface area contributed by atoms with Crippen LogP contribution in [0.1, 0.15) is 13.8 Å². The molecule has 0 saturated carbocycles. The summed E-state index contributed by atoms with van der Waals surface area (Å²) in [6.45, 7) is 6.70.